The molecule has 6 nitrogen and oxygen atoms in total. The normalized spacial score (nSPS) is 11.8. The average molecular weight is 423 g/mol. The van der Waals surface area contributed by atoms with Gasteiger partial charge in [0.05, 0.1) is 12.0 Å². The van der Waals surface area contributed by atoms with Crippen molar-refractivity contribution in [2.45, 2.75) is 39.5 Å². The number of halogens is 1. The van der Waals surface area contributed by atoms with Crippen LogP contribution in [0.2, 0.25) is 0 Å². The molecule has 0 radical (unpaired) electrons. The molecule has 140 valence electrons. The van der Waals surface area contributed by atoms with Gasteiger partial charge in [0, 0.05) is 34.8 Å². The summed E-state index contributed by atoms with van der Waals surface area (Å²) >= 11 is 3.58. The number of hydrogen-bond donors (Lipinski definition) is 1. The summed E-state index contributed by atoms with van der Waals surface area (Å²) in [7, 11) is 1.61. The standard InChI is InChI=1S/C19H23BrN2O4/c1-4-13(2)21-11-16-17(20)9-10-18(25-3)19(16)26-12-14-5-7-15(8-6-14)22(23)24/h5-10,13,21H,4,11-12H2,1-3H3. The fraction of sp³-hybridized carbons (Fsp3) is 0.368. The van der Waals surface area contributed by atoms with Crippen LogP contribution >= 0.6 is 15.9 Å². The smallest absolute Gasteiger partial charge is 0.269 e. The Kier molecular flexibility index (Phi) is 7.41. The number of benzene rings is 2. The Morgan fingerprint density at radius 1 is 1.23 bits per heavy atom. The second kappa shape index (κ2) is 9.54. The summed E-state index contributed by atoms with van der Waals surface area (Å²) < 4.78 is 12.4. The first-order valence-electron chi connectivity index (χ1n) is 8.41. The van der Waals surface area contributed by atoms with E-state index in [4.69, 9.17) is 9.47 Å². The summed E-state index contributed by atoms with van der Waals surface area (Å²) in [6.45, 7) is 5.19. The molecule has 0 aliphatic rings. The van der Waals surface area contributed by atoms with E-state index in [1.54, 1.807) is 19.2 Å². The number of nitrogens with zero attached hydrogens (tertiary/aromatic N) is 1. The Morgan fingerprint density at radius 2 is 1.92 bits per heavy atom. The first kappa shape index (κ1) is 20.2. The van der Waals surface area contributed by atoms with Crippen LogP contribution in [-0.4, -0.2) is 18.1 Å². The van der Waals surface area contributed by atoms with E-state index in [1.165, 1.54) is 12.1 Å². The highest BCUT2D eigenvalue weighted by atomic mass is 79.9. The third-order valence-corrected chi connectivity index (χ3v) is 4.90. The van der Waals surface area contributed by atoms with Gasteiger partial charge in [-0.05, 0) is 43.2 Å². The number of nitro benzene ring substituents is 1. The van der Waals surface area contributed by atoms with Crippen LogP contribution in [0.1, 0.15) is 31.4 Å². The van der Waals surface area contributed by atoms with Crippen LogP contribution in [0.5, 0.6) is 11.5 Å². The zero-order valence-corrected chi connectivity index (χ0v) is 16.7. The molecular formula is C19H23BrN2O4. The van der Waals surface area contributed by atoms with Crippen LogP contribution in [0.3, 0.4) is 0 Å². The molecule has 0 aliphatic heterocycles. The second-order valence-corrected chi connectivity index (χ2v) is 6.81. The van der Waals surface area contributed by atoms with Gasteiger partial charge in [0.1, 0.15) is 6.61 Å². The van der Waals surface area contributed by atoms with E-state index >= 15 is 0 Å². The molecule has 1 unspecified atom stereocenters. The maximum absolute atomic E-state index is 10.8. The van der Waals surface area contributed by atoms with Crippen molar-refractivity contribution >= 4 is 21.6 Å². The highest BCUT2D eigenvalue weighted by Gasteiger charge is 2.16. The van der Waals surface area contributed by atoms with Crippen molar-refractivity contribution in [1.82, 2.24) is 5.32 Å². The number of nitro groups is 1. The zero-order chi connectivity index (χ0) is 19.1. The Hall–Kier alpha value is -2.12. The van der Waals surface area contributed by atoms with Gasteiger partial charge in [-0.1, -0.05) is 22.9 Å². The Bertz CT molecular complexity index is 750. The molecule has 2 aromatic rings. The molecule has 1 N–H and O–H groups in total. The molecular weight excluding hydrogens is 400 g/mol. The number of nitrogens with one attached hydrogen (secondary N) is 1. The molecule has 0 spiro atoms. The van der Waals surface area contributed by atoms with Gasteiger partial charge in [-0.15, -0.1) is 0 Å². The lowest BCUT2D eigenvalue weighted by molar-refractivity contribution is -0.384. The van der Waals surface area contributed by atoms with Crippen LogP contribution in [0.4, 0.5) is 5.69 Å². The maximum atomic E-state index is 10.8. The third kappa shape index (κ3) is 5.19. The van der Waals surface area contributed by atoms with Gasteiger partial charge >= 0.3 is 0 Å². The predicted molar refractivity (Wildman–Crippen MR) is 105 cm³/mol. The number of hydrogen-bond acceptors (Lipinski definition) is 5. The van der Waals surface area contributed by atoms with Crippen molar-refractivity contribution in [3.8, 4) is 11.5 Å². The van der Waals surface area contributed by atoms with Gasteiger partial charge < -0.3 is 14.8 Å². The minimum atomic E-state index is -0.416. The Morgan fingerprint density at radius 3 is 2.50 bits per heavy atom. The van der Waals surface area contributed by atoms with Gasteiger partial charge in [0.15, 0.2) is 11.5 Å². The molecule has 0 aromatic heterocycles. The van der Waals surface area contributed by atoms with Crippen LogP contribution in [0, 0.1) is 10.1 Å². The van der Waals surface area contributed by atoms with Crippen LogP contribution < -0.4 is 14.8 Å². The first-order valence-corrected chi connectivity index (χ1v) is 9.20. The lowest BCUT2D eigenvalue weighted by Gasteiger charge is -2.19. The summed E-state index contributed by atoms with van der Waals surface area (Å²) in [6, 6.07) is 10.5. The highest BCUT2D eigenvalue weighted by Crippen LogP contribution is 2.37. The number of rotatable bonds is 9. The van der Waals surface area contributed by atoms with Crippen molar-refractivity contribution in [1.29, 1.82) is 0 Å². The fourth-order valence-electron chi connectivity index (χ4n) is 2.36. The van der Waals surface area contributed by atoms with E-state index in [9.17, 15) is 10.1 Å². The van der Waals surface area contributed by atoms with E-state index in [1.807, 2.05) is 12.1 Å². The first-order chi connectivity index (χ1) is 12.5. The van der Waals surface area contributed by atoms with Gasteiger partial charge in [-0.25, -0.2) is 0 Å². The molecule has 1 atom stereocenters. The minimum Gasteiger partial charge on any atom is -0.493 e. The zero-order valence-electron chi connectivity index (χ0n) is 15.1. The van der Waals surface area contributed by atoms with Crippen molar-refractivity contribution < 1.29 is 14.4 Å². The summed E-state index contributed by atoms with van der Waals surface area (Å²) in [4.78, 5) is 10.3. The van der Waals surface area contributed by atoms with Gasteiger partial charge in [0.2, 0.25) is 0 Å². The number of methoxy groups -OCH3 is 1. The lowest BCUT2D eigenvalue weighted by atomic mass is 10.1. The molecule has 0 bridgehead atoms. The molecule has 0 amide bonds. The molecule has 0 heterocycles. The Balaban J connectivity index is 2.20. The van der Waals surface area contributed by atoms with Crippen LogP contribution in [0.25, 0.3) is 0 Å². The van der Waals surface area contributed by atoms with Crippen LogP contribution in [-0.2, 0) is 13.2 Å². The highest BCUT2D eigenvalue weighted by molar-refractivity contribution is 9.10. The maximum Gasteiger partial charge on any atom is 0.269 e. The van der Waals surface area contributed by atoms with E-state index in [-0.39, 0.29) is 5.69 Å². The summed E-state index contributed by atoms with van der Waals surface area (Å²) in [6.07, 6.45) is 1.03. The summed E-state index contributed by atoms with van der Waals surface area (Å²) in [5.74, 6) is 1.31. The van der Waals surface area contributed by atoms with E-state index in [2.05, 4.69) is 35.1 Å². The molecule has 0 fully saturated rings. The monoisotopic (exact) mass is 422 g/mol. The van der Waals surface area contributed by atoms with Crippen molar-refractivity contribution in [2.24, 2.45) is 0 Å². The summed E-state index contributed by atoms with van der Waals surface area (Å²) in [5.41, 5.74) is 1.89. The largest absolute Gasteiger partial charge is 0.493 e. The van der Waals surface area contributed by atoms with Crippen molar-refractivity contribution in [3.05, 3.63) is 62.1 Å². The predicted octanol–water partition coefficient (Wildman–Crippen LogP) is 4.83. The quantitative estimate of drug-likeness (QED) is 0.462. The molecule has 2 rings (SSSR count). The van der Waals surface area contributed by atoms with Crippen molar-refractivity contribution in [3.63, 3.8) is 0 Å². The molecule has 26 heavy (non-hydrogen) atoms. The van der Waals surface area contributed by atoms with E-state index in [0.29, 0.717) is 30.7 Å². The van der Waals surface area contributed by atoms with Crippen LogP contribution in [0.15, 0.2) is 40.9 Å². The second-order valence-electron chi connectivity index (χ2n) is 5.96. The average Bonchev–Trinajstić information content (AvgIpc) is 2.65. The van der Waals surface area contributed by atoms with E-state index in [0.717, 1.165) is 22.0 Å². The third-order valence-electron chi connectivity index (χ3n) is 4.16. The van der Waals surface area contributed by atoms with Gasteiger partial charge in [-0.2, -0.15) is 0 Å². The molecule has 7 heteroatoms. The SMILES string of the molecule is CCC(C)NCc1c(Br)ccc(OC)c1OCc1ccc([N+](=O)[O-])cc1. The topological polar surface area (TPSA) is 73.6 Å². The Labute approximate surface area is 161 Å². The molecule has 0 saturated heterocycles. The number of non-ortho nitro benzene ring substituents is 1. The molecule has 2 aromatic carbocycles. The lowest BCUT2D eigenvalue weighted by Crippen LogP contribution is -2.25. The molecule has 0 aliphatic carbocycles. The van der Waals surface area contributed by atoms with Gasteiger partial charge in [0.25, 0.3) is 5.69 Å². The molecule has 0 saturated carbocycles. The van der Waals surface area contributed by atoms with E-state index < -0.39 is 4.92 Å². The van der Waals surface area contributed by atoms with Gasteiger partial charge in [-0.3, -0.25) is 10.1 Å². The fourth-order valence-corrected chi connectivity index (χ4v) is 2.81. The summed E-state index contributed by atoms with van der Waals surface area (Å²) in [5, 5.41) is 14.2. The minimum absolute atomic E-state index is 0.0622. The van der Waals surface area contributed by atoms with Crippen molar-refractivity contribution in [2.75, 3.05) is 7.11 Å². The number of ether oxygens (including phenoxy) is 2.